The van der Waals surface area contributed by atoms with Crippen LogP contribution in [0.3, 0.4) is 0 Å². The van der Waals surface area contributed by atoms with Crippen molar-refractivity contribution in [3.8, 4) is 0 Å². The van der Waals surface area contributed by atoms with Gasteiger partial charge in [0, 0.05) is 5.75 Å². The fourth-order valence-corrected chi connectivity index (χ4v) is 1.67. The molecule has 0 N–H and O–H groups in total. The van der Waals surface area contributed by atoms with Crippen LogP contribution in [0.4, 0.5) is 4.79 Å². The molecule has 0 aromatic rings. The first-order valence-corrected chi connectivity index (χ1v) is 4.67. The standard InChI is InChI=1S/C4H6OS3/c1-2-3-7-8-4(5)6/h2H,1,3H2,(H,5,6). The molecule has 0 aliphatic rings. The van der Waals surface area contributed by atoms with Crippen LogP contribution in [0, 0.1) is 0 Å². The van der Waals surface area contributed by atoms with Crippen molar-refractivity contribution in [2.24, 2.45) is 0 Å². The van der Waals surface area contributed by atoms with Crippen molar-refractivity contribution < 1.29 is 4.79 Å². The monoisotopic (exact) mass is 166 g/mol. The lowest BCUT2D eigenvalue weighted by molar-refractivity contribution is 0.277. The number of carbonyl (C=O) groups is 1. The Morgan fingerprint density at radius 2 is 2.50 bits per heavy atom. The summed E-state index contributed by atoms with van der Waals surface area (Å²) >= 11 is 3.54. The lowest BCUT2D eigenvalue weighted by Crippen LogP contribution is -1.66. The van der Waals surface area contributed by atoms with Crippen molar-refractivity contribution >= 4 is 38.7 Å². The van der Waals surface area contributed by atoms with Crippen LogP contribution in [0.25, 0.3) is 0 Å². The van der Waals surface area contributed by atoms with E-state index in [-0.39, 0.29) is 4.45 Å². The van der Waals surface area contributed by atoms with Crippen molar-refractivity contribution in [3.05, 3.63) is 12.7 Å². The van der Waals surface area contributed by atoms with Crippen LogP contribution >= 0.6 is 34.2 Å². The lowest BCUT2D eigenvalue weighted by Gasteiger charge is -1.86. The third kappa shape index (κ3) is 6.46. The summed E-state index contributed by atoms with van der Waals surface area (Å²) in [5, 5.41) is 0. The van der Waals surface area contributed by atoms with Gasteiger partial charge >= 0.3 is 0 Å². The molecule has 0 aromatic carbocycles. The summed E-state index contributed by atoms with van der Waals surface area (Å²) < 4.78 is -0.156. The molecule has 0 amide bonds. The smallest absolute Gasteiger partial charge is 0.253 e. The molecule has 0 unspecified atom stereocenters. The van der Waals surface area contributed by atoms with Crippen molar-refractivity contribution in [2.75, 3.05) is 5.75 Å². The summed E-state index contributed by atoms with van der Waals surface area (Å²) in [6.07, 6.45) is 1.74. The molecule has 0 aliphatic carbocycles. The Morgan fingerprint density at radius 1 is 1.88 bits per heavy atom. The number of carbonyl (C=O) groups excluding carboxylic acids is 1. The largest absolute Gasteiger partial charge is 0.274 e. The van der Waals surface area contributed by atoms with Gasteiger partial charge in [0.1, 0.15) is 0 Å². The third-order valence-electron chi connectivity index (χ3n) is 0.316. The number of hydrogen-bond donors (Lipinski definition) is 1. The Balaban J connectivity index is 2.93. The van der Waals surface area contributed by atoms with Gasteiger partial charge in [0.05, 0.1) is 0 Å². The molecule has 1 nitrogen and oxygen atoms in total. The van der Waals surface area contributed by atoms with Gasteiger partial charge in [-0.3, -0.25) is 4.79 Å². The predicted octanol–water partition coefficient (Wildman–Crippen LogP) is 2.60. The predicted molar refractivity (Wildman–Crippen MR) is 44.6 cm³/mol. The summed E-state index contributed by atoms with van der Waals surface area (Å²) in [5.41, 5.74) is 0. The van der Waals surface area contributed by atoms with Crippen molar-refractivity contribution in [3.63, 3.8) is 0 Å². The van der Waals surface area contributed by atoms with Crippen LogP contribution in [0.15, 0.2) is 12.7 Å². The van der Waals surface area contributed by atoms with Crippen LogP contribution in [0.1, 0.15) is 0 Å². The molecular weight excluding hydrogens is 160 g/mol. The zero-order chi connectivity index (χ0) is 6.41. The van der Waals surface area contributed by atoms with E-state index in [0.717, 1.165) is 16.5 Å². The van der Waals surface area contributed by atoms with E-state index < -0.39 is 0 Å². The summed E-state index contributed by atoms with van der Waals surface area (Å²) in [6, 6.07) is 0. The number of hydrogen-bond acceptors (Lipinski definition) is 3. The SMILES string of the molecule is C=CCSSC(=O)S. The zero-order valence-electron chi connectivity index (χ0n) is 4.16. The van der Waals surface area contributed by atoms with E-state index in [4.69, 9.17) is 0 Å². The molecule has 0 fully saturated rings. The Labute approximate surface area is 62.1 Å². The van der Waals surface area contributed by atoms with Gasteiger partial charge in [-0.2, -0.15) is 0 Å². The van der Waals surface area contributed by atoms with Crippen molar-refractivity contribution in [1.29, 1.82) is 0 Å². The van der Waals surface area contributed by atoms with Crippen LogP contribution in [-0.4, -0.2) is 10.2 Å². The van der Waals surface area contributed by atoms with Gasteiger partial charge in [-0.15, -0.1) is 6.58 Å². The second-order valence-electron chi connectivity index (χ2n) is 0.922. The van der Waals surface area contributed by atoms with E-state index in [0.29, 0.717) is 0 Å². The molecule has 0 aromatic heterocycles. The molecule has 0 rings (SSSR count). The molecule has 8 heavy (non-hydrogen) atoms. The molecule has 0 spiro atoms. The van der Waals surface area contributed by atoms with E-state index in [1.807, 2.05) is 0 Å². The fraction of sp³-hybridized carbons (Fsp3) is 0.250. The summed E-state index contributed by atoms with van der Waals surface area (Å²) in [4.78, 5) is 10.1. The lowest BCUT2D eigenvalue weighted by atomic mass is 10.8. The minimum Gasteiger partial charge on any atom is -0.274 e. The highest BCUT2D eigenvalue weighted by atomic mass is 33.1. The Kier molecular flexibility index (Phi) is 5.92. The minimum absolute atomic E-state index is 0.156. The molecule has 0 bridgehead atoms. The van der Waals surface area contributed by atoms with Crippen LogP contribution < -0.4 is 0 Å². The van der Waals surface area contributed by atoms with Gasteiger partial charge in [0.2, 0.25) is 0 Å². The highest BCUT2D eigenvalue weighted by Gasteiger charge is 1.91. The first-order chi connectivity index (χ1) is 3.77. The van der Waals surface area contributed by atoms with E-state index in [1.165, 1.54) is 10.8 Å². The molecular formula is C4H6OS3. The Bertz CT molecular complexity index is 91.3. The van der Waals surface area contributed by atoms with Gasteiger partial charge in [0.15, 0.2) is 0 Å². The maximum absolute atomic E-state index is 10.1. The molecule has 0 atom stereocenters. The highest BCUT2D eigenvalue weighted by molar-refractivity contribution is 8.85. The minimum atomic E-state index is -0.156. The molecule has 0 saturated carbocycles. The molecule has 4 heteroatoms. The molecule has 0 radical (unpaired) electrons. The van der Waals surface area contributed by atoms with Gasteiger partial charge in [-0.25, -0.2) is 0 Å². The fourth-order valence-electron chi connectivity index (χ4n) is 0.133. The first kappa shape index (κ1) is 8.46. The van der Waals surface area contributed by atoms with Crippen molar-refractivity contribution in [1.82, 2.24) is 0 Å². The summed E-state index contributed by atoms with van der Waals surface area (Å²) in [6.45, 7) is 3.49. The number of rotatable bonds is 3. The zero-order valence-corrected chi connectivity index (χ0v) is 6.69. The first-order valence-electron chi connectivity index (χ1n) is 1.90. The summed E-state index contributed by atoms with van der Waals surface area (Å²) in [5.74, 6) is 0.789. The van der Waals surface area contributed by atoms with E-state index in [9.17, 15) is 4.79 Å². The van der Waals surface area contributed by atoms with E-state index in [2.05, 4.69) is 19.2 Å². The maximum Gasteiger partial charge on any atom is 0.253 e. The Morgan fingerprint density at radius 3 is 2.88 bits per heavy atom. The molecule has 46 valence electrons. The van der Waals surface area contributed by atoms with Crippen LogP contribution in [0.5, 0.6) is 0 Å². The second-order valence-corrected chi connectivity index (χ2v) is 3.94. The average Bonchev–Trinajstić information content (AvgIpc) is 1.66. The maximum atomic E-state index is 10.1. The van der Waals surface area contributed by atoms with Gasteiger partial charge in [-0.05, 0) is 10.8 Å². The van der Waals surface area contributed by atoms with E-state index >= 15 is 0 Å². The molecule has 0 saturated heterocycles. The summed E-state index contributed by atoms with van der Waals surface area (Å²) in [7, 11) is 2.56. The second kappa shape index (κ2) is 5.59. The van der Waals surface area contributed by atoms with Crippen LogP contribution in [-0.2, 0) is 0 Å². The number of thiol groups is 1. The topological polar surface area (TPSA) is 17.1 Å². The average molecular weight is 166 g/mol. The van der Waals surface area contributed by atoms with Gasteiger partial charge in [-0.1, -0.05) is 29.5 Å². The normalized spacial score (nSPS) is 8.62. The van der Waals surface area contributed by atoms with E-state index in [1.54, 1.807) is 6.08 Å². The Hall–Kier alpha value is 0.460. The molecule has 0 heterocycles. The van der Waals surface area contributed by atoms with Crippen LogP contribution in [0.2, 0.25) is 0 Å². The molecule has 0 aliphatic heterocycles. The van der Waals surface area contributed by atoms with Crippen molar-refractivity contribution in [2.45, 2.75) is 0 Å². The quantitative estimate of drug-likeness (QED) is 0.301. The third-order valence-corrected chi connectivity index (χ3v) is 2.81. The van der Waals surface area contributed by atoms with Gasteiger partial charge in [0.25, 0.3) is 4.45 Å². The van der Waals surface area contributed by atoms with Gasteiger partial charge < -0.3 is 0 Å². The highest BCUT2D eigenvalue weighted by Crippen LogP contribution is 2.23.